The van der Waals surface area contributed by atoms with Gasteiger partial charge in [0.1, 0.15) is 5.82 Å². The second kappa shape index (κ2) is 8.24. The van der Waals surface area contributed by atoms with Crippen molar-refractivity contribution < 1.29 is 14.0 Å². The van der Waals surface area contributed by atoms with Crippen molar-refractivity contribution in [1.82, 2.24) is 15.1 Å². The van der Waals surface area contributed by atoms with Crippen LogP contribution in [-0.4, -0.2) is 61.4 Å². The zero-order valence-corrected chi connectivity index (χ0v) is 14.6. The van der Waals surface area contributed by atoms with E-state index in [2.05, 4.69) is 10.2 Å². The first-order valence-corrected chi connectivity index (χ1v) is 8.38. The molecule has 1 saturated heterocycles. The third-order valence-electron chi connectivity index (χ3n) is 4.45. The van der Waals surface area contributed by atoms with Crippen molar-refractivity contribution >= 4 is 11.8 Å². The van der Waals surface area contributed by atoms with Crippen LogP contribution in [0, 0.1) is 11.7 Å². The molecule has 0 aromatic heterocycles. The molecular weight excluding hydrogens is 309 g/mol. The molecule has 5 nitrogen and oxygen atoms in total. The smallest absolute Gasteiger partial charge is 0.242 e. The summed E-state index contributed by atoms with van der Waals surface area (Å²) >= 11 is 0. The maximum absolute atomic E-state index is 13.1. The molecule has 1 aromatic rings. The highest BCUT2D eigenvalue weighted by Gasteiger charge is 2.26. The standard InChI is InChI=1S/C18H26FN3O2/c1-13(2)17(14-4-6-15(19)7-5-14)18(24)20-12-16(23)22-10-8-21(3)9-11-22/h4-7,13,17H,8-12H2,1-3H3,(H,20,24). The van der Waals surface area contributed by atoms with Gasteiger partial charge in [0.05, 0.1) is 12.5 Å². The molecule has 1 fully saturated rings. The Hall–Kier alpha value is -1.95. The van der Waals surface area contributed by atoms with Crippen LogP contribution >= 0.6 is 0 Å². The first-order chi connectivity index (χ1) is 11.4. The fraction of sp³-hybridized carbons (Fsp3) is 0.556. The van der Waals surface area contributed by atoms with E-state index in [0.29, 0.717) is 13.1 Å². The number of piperazine rings is 1. The van der Waals surface area contributed by atoms with Crippen molar-refractivity contribution in [2.45, 2.75) is 19.8 Å². The van der Waals surface area contributed by atoms with E-state index >= 15 is 0 Å². The number of carbonyl (C=O) groups excluding carboxylic acids is 2. The third-order valence-corrected chi connectivity index (χ3v) is 4.45. The van der Waals surface area contributed by atoms with Gasteiger partial charge in [0.25, 0.3) is 0 Å². The maximum atomic E-state index is 13.1. The SMILES string of the molecule is CC(C)C(C(=O)NCC(=O)N1CCN(C)CC1)c1ccc(F)cc1. The third kappa shape index (κ3) is 4.77. The minimum absolute atomic E-state index is 0.00691. The Morgan fingerprint density at radius 2 is 1.71 bits per heavy atom. The van der Waals surface area contributed by atoms with Gasteiger partial charge in [-0.05, 0) is 30.7 Å². The minimum Gasteiger partial charge on any atom is -0.346 e. The van der Waals surface area contributed by atoms with Crippen LogP contribution in [0.5, 0.6) is 0 Å². The summed E-state index contributed by atoms with van der Waals surface area (Å²) in [5.41, 5.74) is 0.760. The van der Waals surface area contributed by atoms with Crippen LogP contribution in [0.25, 0.3) is 0 Å². The van der Waals surface area contributed by atoms with Gasteiger partial charge in [-0.15, -0.1) is 0 Å². The van der Waals surface area contributed by atoms with E-state index in [0.717, 1.165) is 18.7 Å². The van der Waals surface area contributed by atoms with E-state index in [9.17, 15) is 14.0 Å². The lowest BCUT2D eigenvalue weighted by molar-refractivity contribution is -0.134. The number of likely N-dealkylation sites (N-methyl/N-ethyl adjacent to an activating group) is 1. The van der Waals surface area contributed by atoms with E-state index in [4.69, 9.17) is 0 Å². The average molecular weight is 335 g/mol. The number of benzene rings is 1. The molecule has 1 unspecified atom stereocenters. The van der Waals surface area contributed by atoms with Crippen molar-refractivity contribution in [2.75, 3.05) is 39.8 Å². The Bertz CT molecular complexity index is 566. The van der Waals surface area contributed by atoms with Crippen LogP contribution in [0.1, 0.15) is 25.3 Å². The van der Waals surface area contributed by atoms with Crippen LogP contribution in [-0.2, 0) is 9.59 Å². The summed E-state index contributed by atoms with van der Waals surface area (Å²) in [5, 5.41) is 2.75. The topological polar surface area (TPSA) is 52.7 Å². The fourth-order valence-electron chi connectivity index (χ4n) is 2.95. The van der Waals surface area contributed by atoms with Crippen molar-refractivity contribution in [3.63, 3.8) is 0 Å². The second-order valence-corrected chi connectivity index (χ2v) is 6.68. The molecule has 1 aromatic carbocycles. The predicted octanol–water partition coefficient (Wildman–Crippen LogP) is 1.46. The molecule has 0 spiro atoms. The second-order valence-electron chi connectivity index (χ2n) is 6.68. The number of rotatable bonds is 5. The largest absolute Gasteiger partial charge is 0.346 e. The van der Waals surface area contributed by atoms with E-state index in [1.54, 1.807) is 17.0 Å². The molecule has 2 rings (SSSR count). The quantitative estimate of drug-likeness (QED) is 0.886. The molecule has 0 bridgehead atoms. The van der Waals surface area contributed by atoms with Gasteiger partial charge < -0.3 is 15.1 Å². The molecule has 24 heavy (non-hydrogen) atoms. The van der Waals surface area contributed by atoms with E-state index in [-0.39, 0.29) is 30.1 Å². The predicted molar refractivity (Wildman–Crippen MR) is 91.1 cm³/mol. The summed E-state index contributed by atoms with van der Waals surface area (Å²) in [6.07, 6.45) is 0. The molecule has 1 aliphatic heterocycles. The van der Waals surface area contributed by atoms with E-state index in [1.807, 2.05) is 20.9 Å². The lowest BCUT2D eigenvalue weighted by Crippen LogP contribution is -2.50. The molecule has 0 saturated carbocycles. The van der Waals surface area contributed by atoms with Crippen molar-refractivity contribution in [3.8, 4) is 0 Å². The Kier molecular flexibility index (Phi) is 6.31. The molecule has 132 valence electrons. The summed E-state index contributed by atoms with van der Waals surface area (Å²) in [6, 6.07) is 5.96. The molecular formula is C18H26FN3O2. The Morgan fingerprint density at radius 1 is 1.12 bits per heavy atom. The Labute approximate surface area is 142 Å². The zero-order chi connectivity index (χ0) is 17.7. The van der Waals surface area contributed by atoms with Gasteiger partial charge in [-0.2, -0.15) is 0 Å². The maximum Gasteiger partial charge on any atom is 0.242 e. The minimum atomic E-state index is -0.397. The van der Waals surface area contributed by atoms with Gasteiger partial charge in [0, 0.05) is 26.2 Å². The van der Waals surface area contributed by atoms with Gasteiger partial charge in [-0.25, -0.2) is 4.39 Å². The molecule has 0 radical (unpaired) electrons. The summed E-state index contributed by atoms with van der Waals surface area (Å²) in [6.45, 7) is 6.97. The molecule has 1 atom stereocenters. The van der Waals surface area contributed by atoms with Crippen LogP contribution < -0.4 is 5.32 Å². The van der Waals surface area contributed by atoms with Crippen LogP contribution in [0.2, 0.25) is 0 Å². The molecule has 6 heteroatoms. The number of nitrogens with one attached hydrogen (secondary N) is 1. The Balaban J connectivity index is 1.93. The summed E-state index contributed by atoms with van der Waals surface area (Å²) in [7, 11) is 2.03. The van der Waals surface area contributed by atoms with Gasteiger partial charge in [-0.3, -0.25) is 9.59 Å². The van der Waals surface area contributed by atoms with Crippen LogP contribution in [0.4, 0.5) is 4.39 Å². The molecule has 1 heterocycles. The highest BCUT2D eigenvalue weighted by molar-refractivity contribution is 5.88. The summed E-state index contributed by atoms with van der Waals surface area (Å²) < 4.78 is 13.1. The van der Waals surface area contributed by atoms with Gasteiger partial charge in [0.15, 0.2) is 0 Å². The van der Waals surface area contributed by atoms with Crippen molar-refractivity contribution in [1.29, 1.82) is 0 Å². The number of carbonyl (C=O) groups is 2. The highest BCUT2D eigenvalue weighted by atomic mass is 19.1. The van der Waals surface area contributed by atoms with Crippen molar-refractivity contribution in [2.24, 2.45) is 5.92 Å². The summed E-state index contributed by atoms with van der Waals surface area (Å²) in [5.74, 6) is -0.927. The number of halogens is 1. The molecule has 1 N–H and O–H groups in total. The van der Waals surface area contributed by atoms with Gasteiger partial charge >= 0.3 is 0 Å². The fourth-order valence-corrected chi connectivity index (χ4v) is 2.95. The lowest BCUT2D eigenvalue weighted by Gasteiger charge is -2.32. The molecule has 0 aliphatic carbocycles. The number of hydrogen-bond donors (Lipinski definition) is 1. The zero-order valence-electron chi connectivity index (χ0n) is 14.6. The first-order valence-electron chi connectivity index (χ1n) is 8.38. The van der Waals surface area contributed by atoms with Crippen molar-refractivity contribution in [3.05, 3.63) is 35.6 Å². The van der Waals surface area contributed by atoms with Gasteiger partial charge in [0.2, 0.25) is 11.8 Å². The van der Waals surface area contributed by atoms with Crippen LogP contribution in [0.15, 0.2) is 24.3 Å². The first kappa shape index (κ1) is 18.4. The Morgan fingerprint density at radius 3 is 2.25 bits per heavy atom. The number of hydrogen-bond acceptors (Lipinski definition) is 3. The van der Waals surface area contributed by atoms with Crippen LogP contribution in [0.3, 0.4) is 0 Å². The number of nitrogens with zero attached hydrogens (tertiary/aromatic N) is 2. The highest BCUT2D eigenvalue weighted by Crippen LogP contribution is 2.24. The van der Waals surface area contributed by atoms with E-state index < -0.39 is 5.92 Å². The summed E-state index contributed by atoms with van der Waals surface area (Å²) in [4.78, 5) is 28.7. The number of amides is 2. The van der Waals surface area contributed by atoms with Gasteiger partial charge in [-0.1, -0.05) is 26.0 Å². The molecule has 1 aliphatic rings. The van der Waals surface area contributed by atoms with E-state index in [1.165, 1.54) is 12.1 Å². The normalized spacial score (nSPS) is 17.0. The molecule has 2 amide bonds. The average Bonchev–Trinajstić information content (AvgIpc) is 2.55. The lowest BCUT2D eigenvalue weighted by atomic mass is 9.87. The monoisotopic (exact) mass is 335 g/mol.